The van der Waals surface area contributed by atoms with E-state index in [1.54, 1.807) is 0 Å². The SMILES string of the molecule is CNC(CC1CCCC1)c1cc(C)c(F)c(C)c1. The van der Waals surface area contributed by atoms with Crippen molar-refractivity contribution in [3.63, 3.8) is 0 Å². The fourth-order valence-electron chi connectivity index (χ4n) is 3.18. The van der Waals surface area contributed by atoms with Crippen molar-refractivity contribution in [3.8, 4) is 0 Å². The molecule has 1 aromatic rings. The van der Waals surface area contributed by atoms with Gasteiger partial charge in [-0.2, -0.15) is 0 Å². The van der Waals surface area contributed by atoms with Gasteiger partial charge >= 0.3 is 0 Å². The van der Waals surface area contributed by atoms with Crippen molar-refractivity contribution in [3.05, 3.63) is 34.6 Å². The van der Waals surface area contributed by atoms with Crippen molar-refractivity contribution in [2.45, 2.75) is 52.0 Å². The summed E-state index contributed by atoms with van der Waals surface area (Å²) in [5.74, 6) is 0.780. The van der Waals surface area contributed by atoms with Crippen LogP contribution in [0.15, 0.2) is 12.1 Å². The largest absolute Gasteiger partial charge is 0.313 e. The average molecular weight is 249 g/mol. The minimum Gasteiger partial charge on any atom is -0.313 e. The molecule has 1 aromatic carbocycles. The monoisotopic (exact) mass is 249 g/mol. The summed E-state index contributed by atoms with van der Waals surface area (Å²) in [5.41, 5.74) is 2.76. The lowest BCUT2D eigenvalue weighted by Crippen LogP contribution is -2.19. The fourth-order valence-corrected chi connectivity index (χ4v) is 3.18. The fraction of sp³-hybridized carbons (Fsp3) is 0.625. The van der Waals surface area contributed by atoms with Crippen molar-refractivity contribution in [2.24, 2.45) is 5.92 Å². The van der Waals surface area contributed by atoms with E-state index in [-0.39, 0.29) is 5.82 Å². The van der Waals surface area contributed by atoms with Crippen LogP contribution in [0.4, 0.5) is 4.39 Å². The third-order valence-corrected chi connectivity index (χ3v) is 4.25. The van der Waals surface area contributed by atoms with Gasteiger partial charge in [0, 0.05) is 6.04 Å². The number of aryl methyl sites for hydroxylation is 2. The molecule has 2 heteroatoms. The molecule has 0 amide bonds. The Hall–Kier alpha value is -0.890. The van der Waals surface area contributed by atoms with E-state index in [0.717, 1.165) is 17.0 Å². The van der Waals surface area contributed by atoms with Crippen molar-refractivity contribution in [1.29, 1.82) is 0 Å². The normalized spacial score (nSPS) is 18.2. The Balaban J connectivity index is 2.16. The van der Waals surface area contributed by atoms with Crippen LogP contribution in [-0.4, -0.2) is 7.05 Å². The highest BCUT2D eigenvalue weighted by Crippen LogP contribution is 2.33. The predicted molar refractivity (Wildman–Crippen MR) is 74.2 cm³/mol. The van der Waals surface area contributed by atoms with Gasteiger partial charge in [0.05, 0.1) is 0 Å². The second-order valence-electron chi connectivity index (χ2n) is 5.70. The van der Waals surface area contributed by atoms with Gasteiger partial charge in [-0.05, 0) is 49.9 Å². The molecule has 1 saturated carbocycles. The summed E-state index contributed by atoms with van der Waals surface area (Å²) in [6, 6.07) is 4.36. The van der Waals surface area contributed by atoms with Crippen molar-refractivity contribution >= 4 is 0 Å². The Bertz CT molecular complexity index is 385. The predicted octanol–water partition coefficient (Wildman–Crippen LogP) is 4.28. The van der Waals surface area contributed by atoms with E-state index in [1.165, 1.54) is 37.7 Å². The van der Waals surface area contributed by atoms with Gasteiger partial charge in [0.25, 0.3) is 0 Å². The van der Waals surface area contributed by atoms with Crippen LogP contribution in [0.1, 0.15) is 54.8 Å². The van der Waals surface area contributed by atoms with E-state index in [4.69, 9.17) is 0 Å². The van der Waals surface area contributed by atoms with Crippen LogP contribution in [0.2, 0.25) is 0 Å². The molecule has 1 nitrogen and oxygen atoms in total. The molecule has 1 N–H and O–H groups in total. The molecule has 0 spiro atoms. The second kappa shape index (κ2) is 5.83. The Morgan fingerprint density at radius 3 is 2.28 bits per heavy atom. The van der Waals surface area contributed by atoms with Gasteiger partial charge in [-0.1, -0.05) is 37.8 Å². The molecule has 0 heterocycles. The summed E-state index contributed by atoms with van der Waals surface area (Å²) >= 11 is 0. The first-order valence-electron chi connectivity index (χ1n) is 7.05. The third kappa shape index (κ3) is 2.92. The van der Waals surface area contributed by atoms with E-state index >= 15 is 0 Å². The van der Waals surface area contributed by atoms with Crippen LogP contribution in [0.25, 0.3) is 0 Å². The minimum atomic E-state index is -0.0607. The maximum absolute atomic E-state index is 13.7. The summed E-state index contributed by atoms with van der Waals surface area (Å²) in [5, 5.41) is 3.40. The van der Waals surface area contributed by atoms with Crippen LogP contribution < -0.4 is 5.32 Å². The first-order chi connectivity index (χ1) is 8.61. The highest BCUT2D eigenvalue weighted by atomic mass is 19.1. The molecule has 1 fully saturated rings. The molecular formula is C16H24FN. The first-order valence-corrected chi connectivity index (χ1v) is 7.05. The van der Waals surface area contributed by atoms with Crippen LogP contribution in [-0.2, 0) is 0 Å². The van der Waals surface area contributed by atoms with Gasteiger partial charge in [0.2, 0.25) is 0 Å². The van der Waals surface area contributed by atoms with Gasteiger partial charge < -0.3 is 5.32 Å². The molecule has 0 radical (unpaired) electrons. The van der Waals surface area contributed by atoms with Gasteiger partial charge in [-0.15, -0.1) is 0 Å². The van der Waals surface area contributed by atoms with E-state index in [1.807, 2.05) is 33.0 Å². The molecule has 0 bridgehead atoms. The van der Waals surface area contributed by atoms with Crippen LogP contribution in [0, 0.1) is 25.6 Å². The van der Waals surface area contributed by atoms with E-state index in [0.29, 0.717) is 6.04 Å². The molecule has 0 aromatic heterocycles. The third-order valence-electron chi connectivity index (χ3n) is 4.25. The van der Waals surface area contributed by atoms with Gasteiger partial charge in [0.15, 0.2) is 0 Å². The highest BCUT2D eigenvalue weighted by Gasteiger charge is 2.21. The molecule has 1 unspecified atom stereocenters. The maximum Gasteiger partial charge on any atom is 0.129 e. The molecule has 18 heavy (non-hydrogen) atoms. The number of hydrogen-bond donors (Lipinski definition) is 1. The van der Waals surface area contributed by atoms with Gasteiger partial charge in [0.1, 0.15) is 5.82 Å². The van der Waals surface area contributed by atoms with Crippen molar-refractivity contribution < 1.29 is 4.39 Å². The van der Waals surface area contributed by atoms with Crippen LogP contribution in [0.3, 0.4) is 0 Å². The molecular weight excluding hydrogens is 225 g/mol. The van der Waals surface area contributed by atoms with Crippen molar-refractivity contribution in [1.82, 2.24) is 5.32 Å². The van der Waals surface area contributed by atoms with E-state index in [2.05, 4.69) is 5.32 Å². The molecule has 1 atom stereocenters. The lowest BCUT2D eigenvalue weighted by molar-refractivity contribution is 0.413. The van der Waals surface area contributed by atoms with E-state index in [9.17, 15) is 4.39 Å². The zero-order valence-corrected chi connectivity index (χ0v) is 11.7. The number of hydrogen-bond acceptors (Lipinski definition) is 1. The summed E-state index contributed by atoms with van der Waals surface area (Å²) in [6.07, 6.45) is 6.65. The molecule has 1 aliphatic rings. The lowest BCUT2D eigenvalue weighted by atomic mass is 9.92. The zero-order valence-electron chi connectivity index (χ0n) is 11.7. The Kier molecular flexibility index (Phi) is 4.39. The quantitative estimate of drug-likeness (QED) is 0.839. The number of rotatable bonds is 4. The first kappa shape index (κ1) is 13.5. The summed E-state index contributed by atoms with van der Waals surface area (Å²) in [4.78, 5) is 0. The standard InChI is InChI=1S/C16H24FN/c1-11-8-14(9-12(2)16(11)17)15(18-3)10-13-6-4-5-7-13/h8-9,13,15,18H,4-7,10H2,1-3H3. The molecule has 1 aliphatic carbocycles. The summed E-state index contributed by atoms with van der Waals surface area (Å²) < 4.78 is 13.7. The van der Waals surface area contributed by atoms with Crippen LogP contribution >= 0.6 is 0 Å². The van der Waals surface area contributed by atoms with Gasteiger partial charge in [-0.25, -0.2) is 4.39 Å². The average Bonchev–Trinajstić information content (AvgIpc) is 2.85. The highest BCUT2D eigenvalue weighted by molar-refractivity contribution is 5.32. The maximum atomic E-state index is 13.7. The smallest absolute Gasteiger partial charge is 0.129 e. The Labute approximate surface area is 110 Å². The minimum absolute atomic E-state index is 0.0607. The molecule has 0 saturated heterocycles. The topological polar surface area (TPSA) is 12.0 Å². The number of halogens is 1. The van der Waals surface area contributed by atoms with E-state index < -0.39 is 0 Å². The molecule has 0 aliphatic heterocycles. The second-order valence-corrected chi connectivity index (χ2v) is 5.70. The number of benzene rings is 1. The zero-order chi connectivity index (χ0) is 13.1. The molecule has 2 rings (SSSR count). The number of nitrogens with one attached hydrogen (secondary N) is 1. The molecule has 100 valence electrons. The Morgan fingerprint density at radius 1 is 1.22 bits per heavy atom. The summed E-state index contributed by atoms with van der Waals surface area (Å²) in [7, 11) is 2.01. The van der Waals surface area contributed by atoms with Crippen LogP contribution in [0.5, 0.6) is 0 Å². The lowest BCUT2D eigenvalue weighted by Gasteiger charge is -2.21. The Morgan fingerprint density at radius 2 is 1.78 bits per heavy atom. The van der Waals surface area contributed by atoms with Gasteiger partial charge in [-0.3, -0.25) is 0 Å². The van der Waals surface area contributed by atoms with Crippen molar-refractivity contribution in [2.75, 3.05) is 7.05 Å². The summed E-state index contributed by atoms with van der Waals surface area (Å²) in [6.45, 7) is 3.71.